The van der Waals surface area contributed by atoms with E-state index in [0.29, 0.717) is 24.4 Å². The molecule has 28 heavy (non-hydrogen) atoms. The van der Waals surface area contributed by atoms with E-state index in [0.717, 1.165) is 28.1 Å². The number of carbonyl (C=O) groups is 1. The molecule has 0 unspecified atom stereocenters. The van der Waals surface area contributed by atoms with Gasteiger partial charge in [-0.15, -0.1) is 0 Å². The molecule has 0 saturated heterocycles. The highest BCUT2D eigenvalue weighted by Gasteiger charge is 2.13. The van der Waals surface area contributed by atoms with Crippen LogP contribution in [0.15, 0.2) is 78.9 Å². The van der Waals surface area contributed by atoms with E-state index in [1.165, 1.54) is 0 Å². The van der Waals surface area contributed by atoms with Crippen molar-refractivity contribution in [3.63, 3.8) is 0 Å². The number of halogens is 1. The largest absolute Gasteiger partial charge is 0.352 e. The second-order valence-electron chi connectivity index (χ2n) is 6.56. The number of benzene rings is 3. The van der Waals surface area contributed by atoms with E-state index in [1.54, 1.807) is 0 Å². The molecule has 1 aromatic heterocycles. The molecule has 4 aromatic rings. The SMILES string of the molecule is O=C(CCc1nc2ccccc2n1-c1ccccc1)NCc1ccccc1Cl. The first-order valence-electron chi connectivity index (χ1n) is 9.24. The zero-order chi connectivity index (χ0) is 19.3. The predicted molar refractivity (Wildman–Crippen MR) is 113 cm³/mol. The molecule has 0 spiro atoms. The van der Waals surface area contributed by atoms with Gasteiger partial charge in [-0.1, -0.05) is 60.1 Å². The summed E-state index contributed by atoms with van der Waals surface area (Å²) in [6.07, 6.45) is 0.915. The monoisotopic (exact) mass is 389 g/mol. The number of nitrogens with one attached hydrogen (secondary N) is 1. The number of fused-ring (bicyclic) bond motifs is 1. The van der Waals surface area contributed by atoms with Crippen LogP contribution in [-0.2, 0) is 17.8 Å². The van der Waals surface area contributed by atoms with Crippen LogP contribution in [0.2, 0.25) is 5.02 Å². The van der Waals surface area contributed by atoms with Gasteiger partial charge in [0.15, 0.2) is 0 Å². The molecule has 0 fully saturated rings. The maximum Gasteiger partial charge on any atom is 0.220 e. The molecule has 5 heteroatoms. The average molecular weight is 390 g/mol. The van der Waals surface area contributed by atoms with Crippen LogP contribution >= 0.6 is 11.6 Å². The summed E-state index contributed by atoms with van der Waals surface area (Å²) < 4.78 is 2.12. The zero-order valence-corrected chi connectivity index (χ0v) is 16.1. The number of hydrogen-bond donors (Lipinski definition) is 1. The normalized spacial score (nSPS) is 10.9. The molecule has 0 aliphatic rings. The van der Waals surface area contributed by atoms with E-state index in [4.69, 9.17) is 16.6 Å². The lowest BCUT2D eigenvalue weighted by atomic mass is 10.2. The van der Waals surface area contributed by atoms with Crippen LogP contribution in [0.3, 0.4) is 0 Å². The highest BCUT2D eigenvalue weighted by molar-refractivity contribution is 6.31. The molecule has 0 saturated carbocycles. The molecule has 0 atom stereocenters. The number of imidazole rings is 1. The zero-order valence-electron chi connectivity index (χ0n) is 15.3. The first-order chi connectivity index (χ1) is 13.7. The standard InChI is InChI=1S/C23H20ClN3O/c24-19-11-5-4-8-17(19)16-25-23(28)15-14-22-26-20-12-6-7-13-21(20)27(22)18-9-2-1-3-10-18/h1-13H,14-16H2,(H,25,28). The predicted octanol–water partition coefficient (Wildman–Crippen LogP) is 4.93. The van der Waals surface area contributed by atoms with Gasteiger partial charge in [0, 0.05) is 30.1 Å². The summed E-state index contributed by atoms with van der Waals surface area (Å²) >= 11 is 6.15. The van der Waals surface area contributed by atoms with E-state index in [-0.39, 0.29) is 5.91 Å². The van der Waals surface area contributed by atoms with Crippen LogP contribution in [0.5, 0.6) is 0 Å². The second kappa shape index (κ2) is 8.28. The van der Waals surface area contributed by atoms with Gasteiger partial charge in [0.2, 0.25) is 5.91 Å². The number of para-hydroxylation sites is 3. The molecular weight excluding hydrogens is 370 g/mol. The number of aromatic nitrogens is 2. The Kier molecular flexibility index (Phi) is 5.40. The Morgan fingerprint density at radius 1 is 0.929 bits per heavy atom. The van der Waals surface area contributed by atoms with Gasteiger partial charge in [-0.2, -0.15) is 0 Å². The van der Waals surface area contributed by atoms with Crippen molar-refractivity contribution in [2.24, 2.45) is 0 Å². The van der Waals surface area contributed by atoms with E-state index in [1.807, 2.05) is 60.7 Å². The summed E-state index contributed by atoms with van der Waals surface area (Å²) in [7, 11) is 0. The fourth-order valence-electron chi connectivity index (χ4n) is 3.26. The summed E-state index contributed by atoms with van der Waals surface area (Å²) in [6.45, 7) is 0.424. The van der Waals surface area contributed by atoms with Crippen molar-refractivity contribution in [1.29, 1.82) is 0 Å². The third kappa shape index (κ3) is 3.92. The number of rotatable bonds is 6. The van der Waals surface area contributed by atoms with Gasteiger partial charge in [0.25, 0.3) is 0 Å². The minimum Gasteiger partial charge on any atom is -0.352 e. The summed E-state index contributed by atoms with van der Waals surface area (Å²) in [5.41, 5.74) is 3.93. The molecule has 0 aliphatic carbocycles. The fraction of sp³-hybridized carbons (Fsp3) is 0.130. The number of aryl methyl sites for hydroxylation is 1. The van der Waals surface area contributed by atoms with E-state index < -0.39 is 0 Å². The Morgan fingerprint density at radius 2 is 1.64 bits per heavy atom. The molecule has 0 bridgehead atoms. The Hall–Kier alpha value is -3.11. The van der Waals surface area contributed by atoms with Crippen molar-refractivity contribution in [3.8, 4) is 5.69 Å². The molecule has 1 N–H and O–H groups in total. The van der Waals surface area contributed by atoms with Crippen molar-refractivity contribution in [1.82, 2.24) is 14.9 Å². The van der Waals surface area contributed by atoms with Crippen LogP contribution in [0.1, 0.15) is 17.8 Å². The first-order valence-corrected chi connectivity index (χ1v) is 9.62. The van der Waals surface area contributed by atoms with Crippen LogP contribution < -0.4 is 5.32 Å². The van der Waals surface area contributed by atoms with Gasteiger partial charge in [-0.25, -0.2) is 4.98 Å². The van der Waals surface area contributed by atoms with Crippen LogP contribution in [0.4, 0.5) is 0 Å². The molecule has 0 aliphatic heterocycles. The summed E-state index contributed by atoms with van der Waals surface area (Å²) in [5.74, 6) is 0.854. The van der Waals surface area contributed by atoms with Crippen molar-refractivity contribution in [3.05, 3.63) is 95.3 Å². The molecular formula is C23H20ClN3O. The van der Waals surface area contributed by atoms with Crippen LogP contribution in [0.25, 0.3) is 16.7 Å². The average Bonchev–Trinajstić information content (AvgIpc) is 3.10. The highest BCUT2D eigenvalue weighted by Crippen LogP contribution is 2.22. The molecule has 4 rings (SSSR count). The Morgan fingerprint density at radius 3 is 2.46 bits per heavy atom. The van der Waals surface area contributed by atoms with Gasteiger partial charge in [0.1, 0.15) is 5.82 Å². The lowest BCUT2D eigenvalue weighted by molar-refractivity contribution is -0.121. The molecule has 4 nitrogen and oxygen atoms in total. The third-order valence-corrected chi connectivity index (χ3v) is 5.02. The molecule has 140 valence electrons. The molecule has 1 heterocycles. The summed E-state index contributed by atoms with van der Waals surface area (Å²) in [4.78, 5) is 17.1. The van der Waals surface area contributed by atoms with Gasteiger partial charge >= 0.3 is 0 Å². The molecule has 0 radical (unpaired) electrons. The van der Waals surface area contributed by atoms with E-state index in [2.05, 4.69) is 28.1 Å². The lowest BCUT2D eigenvalue weighted by Gasteiger charge is -2.10. The van der Waals surface area contributed by atoms with E-state index in [9.17, 15) is 4.79 Å². The van der Waals surface area contributed by atoms with Gasteiger partial charge in [-0.3, -0.25) is 9.36 Å². The first kappa shape index (κ1) is 18.3. The van der Waals surface area contributed by atoms with Gasteiger partial charge < -0.3 is 5.32 Å². The number of amides is 1. The van der Waals surface area contributed by atoms with Gasteiger partial charge in [-0.05, 0) is 35.9 Å². The van der Waals surface area contributed by atoms with Crippen LogP contribution in [0, 0.1) is 0 Å². The maximum absolute atomic E-state index is 12.4. The number of hydrogen-bond acceptors (Lipinski definition) is 2. The lowest BCUT2D eigenvalue weighted by Crippen LogP contribution is -2.23. The maximum atomic E-state index is 12.4. The summed E-state index contributed by atoms with van der Waals surface area (Å²) in [5, 5.41) is 3.60. The fourth-order valence-corrected chi connectivity index (χ4v) is 3.46. The van der Waals surface area contributed by atoms with Crippen molar-refractivity contribution in [2.75, 3.05) is 0 Å². The Bertz CT molecular complexity index is 1110. The minimum atomic E-state index is -0.0217. The van der Waals surface area contributed by atoms with E-state index >= 15 is 0 Å². The Balaban J connectivity index is 1.50. The van der Waals surface area contributed by atoms with Crippen LogP contribution in [-0.4, -0.2) is 15.5 Å². The quantitative estimate of drug-likeness (QED) is 0.508. The Labute approximate surface area is 168 Å². The van der Waals surface area contributed by atoms with Crippen molar-refractivity contribution >= 4 is 28.5 Å². The molecule has 3 aromatic carbocycles. The minimum absolute atomic E-state index is 0.0217. The smallest absolute Gasteiger partial charge is 0.220 e. The summed E-state index contributed by atoms with van der Waals surface area (Å²) in [6, 6.07) is 25.7. The highest BCUT2D eigenvalue weighted by atomic mass is 35.5. The molecule has 1 amide bonds. The second-order valence-corrected chi connectivity index (χ2v) is 6.96. The van der Waals surface area contributed by atoms with Crippen molar-refractivity contribution in [2.45, 2.75) is 19.4 Å². The number of nitrogens with zero attached hydrogens (tertiary/aromatic N) is 2. The van der Waals surface area contributed by atoms with Crippen molar-refractivity contribution < 1.29 is 4.79 Å². The number of carbonyl (C=O) groups excluding carboxylic acids is 1. The third-order valence-electron chi connectivity index (χ3n) is 4.65. The topological polar surface area (TPSA) is 46.9 Å². The van der Waals surface area contributed by atoms with Gasteiger partial charge in [0.05, 0.1) is 11.0 Å².